The number of hydrogen-bond acceptors (Lipinski definition) is 4. The van der Waals surface area contributed by atoms with Crippen LogP contribution in [0.1, 0.15) is 13.8 Å². The Labute approximate surface area is 94.7 Å². The molecule has 1 saturated heterocycles. The zero-order valence-corrected chi connectivity index (χ0v) is 9.80. The summed E-state index contributed by atoms with van der Waals surface area (Å²) in [5.41, 5.74) is 0. The highest BCUT2D eigenvalue weighted by molar-refractivity contribution is 7.80. The van der Waals surface area contributed by atoms with Gasteiger partial charge in [0.25, 0.3) is 0 Å². The summed E-state index contributed by atoms with van der Waals surface area (Å²) in [7, 11) is 0. The second kappa shape index (κ2) is 5.99. The minimum atomic E-state index is -0.401. The number of nitrogens with one attached hydrogen (secondary N) is 1. The standard InChI is InChI=1S/C9H16N2O3S/c1-3-13-8(14-4-2)6-11-7(12)5-10-9(11)15/h8H,3-6H2,1-2H3,(H,10,15). The summed E-state index contributed by atoms with van der Waals surface area (Å²) >= 11 is 4.99. The molecule has 1 heterocycles. The molecule has 1 N–H and O–H groups in total. The lowest BCUT2D eigenvalue weighted by Crippen LogP contribution is -2.39. The smallest absolute Gasteiger partial charge is 0.248 e. The summed E-state index contributed by atoms with van der Waals surface area (Å²) in [4.78, 5) is 12.9. The van der Waals surface area contributed by atoms with Gasteiger partial charge in [0.2, 0.25) is 5.91 Å². The Morgan fingerprint density at radius 3 is 2.47 bits per heavy atom. The van der Waals surface area contributed by atoms with Crippen molar-refractivity contribution >= 4 is 23.2 Å². The van der Waals surface area contributed by atoms with Gasteiger partial charge >= 0.3 is 0 Å². The summed E-state index contributed by atoms with van der Waals surface area (Å²) in [6, 6.07) is 0. The number of thiocarbonyl (C=S) groups is 1. The topological polar surface area (TPSA) is 50.8 Å². The number of hydrogen-bond donors (Lipinski definition) is 1. The quantitative estimate of drug-likeness (QED) is 0.520. The van der Waals surface area contributed by atoms with Crippen LogP contribution >= 0.6 is 12.2 Å². The highest BCUT2D eigenvalue weighted by Crippen LogP contribution is 2.04. The van der Waals surface area contributed by atoms with Gasteiger partial charge in [-0.05, 0) is 26.1 Å². The van der Waals surface area contributed by atoms with Crippen LogP contribution in [-0.2, 0) is 14.3 Å². The molecular weight excluding hydrogens is 216 g/mol. The highest BCUT2D eigenvalue weighted by Gasteiger charge is 2.28. The first-order chi connectivity index (χ1) is 7.19. The van der Waals surface area contributed by atoms with Crippen LogP contribution < -0.4 is 5.32 Å². The van der Waals surface area contributed by atoms with Crippen LogP contribution in [0.25, 0.3) is 0 Å². The van der Waals surface area contributed by atoms with Crippen LogP contribution in [0.5, 0.6) is 0 Å². The van der Waals surface area contributed by atoms with Gasteiger partial charge < -0.3 is 14.8 Å². The molecule has 1 rings (SSSR count). The summed E-state index contributed by atoms with van der Waals surface area (Å²) in [6.45, 7) is 5.48. The van der Waals surface area contributed by atoms with Crippen LogP contribution in [0, 0.1) is 0 Å². The van der Waals surface area contributed by atoms with E-state index in [-0.39, 0.29) is 12.5 Å². The largest absolute Gasteiger partial charge is 0.353 e. The van der Waals surface area contributed by atoms with Gasteiger partial charge in [-0.1, -0.05) is 0 Å². The molecule has 1 amide bonds. The predicted molar refractivity (Wildman–Crippen MR) is 59.4 cm³/mol. The molecule has 0 saturated carbocycles. The third kappa shape index (κ3) is 3.40. The van der Waals surface area contributed by atoms with Gasteiger partial charge in [0.05, 0.1) is 13.1 Å². The Morgan fingerprint density at radius 2 is 2.07 bits per heavy atom. The number of rotatable bonds is 6. The van der Waals surface area contributed by atoms with Crippen molar-refractivity contribution in [2.24, 2.45) is 0 Å². The molecule has 1 fully saturated rings. The number of carbonyl (C=O) groups excluding carboxylic acids is 1. The van der Waals surface area contributed by atoms with Crippen molar-refractivity contribution in [1.29, 1.82) is 0 Å². The summed E-state index contributed by atoms with van der Waals surface area (Å²) in [6.07, 6.45) is -0.401. The molecule has 0 unspecified atom stereocenters. The van der Waals surface area contributed by atoms with E-state index in [4.69, 9.17) is 21.7 Å². The Morgan fingerprint density at radius 1 is 1.47 bits per heavy atom. The second-order valence-electron chi connectivity index (χ2n) is 3.00. The lowest BCUT2D eigenvalue weighted by atomic mass is 10.5. The van der Waals surface area contributed by atoms with E-state index < -0.39 is 6.29 Å². The highest BCUT2D eigenvalue weighted by atomic mass is 32.1. The normalized spacial score (nSPS) is 16.3. The van der Waals surface area contributed by atoms with Gasteiger partial charge in [0, 0.05) is 13.2 Å². The molecule has 0 radical (unpaired) electrons. The summed E-state index contributed by atoms with van der Waals surface area (Å²) in [5, 5.41) is 3.25. The van der Waals surface area contributed by atoms with Crippen LogP contribution in [-0.4, -0.2) is 48.5 Å². The van der Waals surface area contributed by atoms with E-state index in [1.165, 1.54) is 4.90 Å². The third-order valence-corrected chi connectivity index (χ3v) is 2.34. The van der Waals surface area contributed by atoms with Crippen molar-refractivity contribution in [3.05, 3.63) is 0 Å². The van der Waals surface area contributed by atoms with Crippen molar-refractivity contribution in [2.75, 3.05) is 26.3 Å². The van der Waals surface area contributed by atoms with E-state index in [1.807, 2.05) is 13.8 Å². The number of ether oxygens (including phenoxy) is 2. The molecule has 0 spiro atoms. The molecule has 15 heavy (non-hydrogen) atoms. The second-order valence-corrected chi connectivity index (χ2v) is 3.39. The minimum Gasteiger partial charge on any atom is -0.353 e. The van der Waals surface area contributed by atoms with Crippen molar-refractivity contribution in [1.82, 2.24) is 10.2 Å². The fourth-order valence-electron chi connectivity index (χ4n) is 1.31. The molecular formula is C9H16N2O3S. The Balaban J connectivity index is 2.48. The molecule has 0 aliphatic carbocycles. The summed E-state index contributed by atoms with van der Waals surface area (Å²) in [5.74, 6) is -0.0376. The molecule has 0 bridgehead atoms. The molecule has 1 aliphatic heterocycles. The van der Waals surface area contributed by atoms with Crippen LogP contribution in [0.4, 0.5) is 0 Å². The van der Waals surface area contributed by atoms with Gasteiger partial charge in [0.1, 0.15) is 0 Å². The Kier molecular flexibility index (Phi) is 4.93. The summed E-state index contributed by atoms with van der Waals surface area (Å²) < 4.78 is 10.7. The molecule has 0 atom stereocenters. The number of amides is 1. The third-order valence-electron chi connectivity index (χ3n) is 1.97. The monoisotopic (exact) mass is 232 g/mol. The van der Waals surface area contributed by atoms with Crippen molar-refractivity contribution in [2.45, 2.75) is 20.1 Å². The van der Waals surface area contributed by atoms with Crippen molar-refractivity contribution in [3.63, 3.8) is 0 Å². The average molecular weight is 232 g/mol. The Hall–Kier alpha value is -0.720. The molecule has 0 aromatic heterocycles. The van der Waals surface area contributed by atoms with Crippen LogP contribution in [0.3, 0.4) is 0 Å². The van der Waals surface area contributed by atoms with Gasteiger partial charge in [-0.15, -0.1) is 0 Å². The first-order valence-electron chi connectivity index (χ1n) is 5.00. The molecule has 0 aromatic carbocycles. The van der Waals surface area contributed by atoms with Gasteiger partial charge in [-0.25, -0.2) is 0 Å². The Bertz CT molecular complexity index is 226. The number of nitrogens with zero attached hydrogens (tertiary/aromatic N) is 1. The lowest BCUT2D eigenvalue weighted by Gasteiger charge is -2.22. The fraction of sp³-hybridized carbons (Fsp3) is 0.778. The molecule has 86 valence electrons. The van der Waals surface area contributed by atoms with E-state index >= 15 is 0 Å². The molecule has 0 aromatic rings. The minimum absolute atomic E-state index is 0.0376. The van der Waals surface area contributed by atoms with Gasteiger partial charge in [0.15, 0.2) is 11.4 Å². The molecule has 1 aliphatic rings. The van der Waals surface area contributed by atoms with E-state index in [0.29, 0.717) is 24.9 Å². The molecule has 5 nitrogen and oxygen atoms in total. The molecule has 6 heteroatoms. The maximum Gasteiger partial charge on any atom is 0.248 e. The van der Waals surface area contributed by atoms with E-state index in [9.17, 15) is 4.79 Å². The first kappa shape index (κ1) is 12.4. The van der Waals surface area contributed by atoms with E-state index in [2.05, 4.69) is 5.32 Å². The average Bonchev–Trinajstić information content (AvgIpc) is 2.50. The van der Waals surface area contributed by atoms with Crippen LogP contribution in [0.15, 0.2) is 0 Å². The van der Waals surface area contributed by atoms with Crippen molar-refractivity contribution < 1.29 is 14.3 Å². The predicted octanol–water partition coefficient (Wildman–Crippen LogP) is 0.102. The zero-order chi connectivity index (χ0) is 11.3. The van der Waals surface area contributed by atoms with Crippen LogP contribution in [0.2, 0.25) is 0 Å². The van der Waals surface area contributed by atoms with Gasteiger partial charge in [-0.3, -0.25) is 9.69 Å². The first-order valence-corrected chi connectivity index (χ1v) is 5.41. The maximum absolute atomic E-state index is 11.4. The number of carbonyl (C=O) groups is 1. The van der Waals surface area contributed by atoms with E-state index in [0.717, 1.165) is 0 Å². The lowest BCUT2D eigenvalue weighted by molar-refractivity contribution is -0.150. The van der Waals surface area contributed by atoms with Crippen molar-refractivity contribution in [3.8, 4) is 0 Å². The van der Waals surface area contributed by atoms with Gasteiger partial charge in [-0.2, -0.15) is 0 Å². The van der Waals surface area contributed by atoms with E-state index in [1.54, 1.807) is 0 Å². The SMILES string of the molecule is CCOC(CN1C(=O)CNC1=S)OCC. The fourth-order valence-corrected chi connectivity index (χ4v) is 1.56. The maximum atomic E-state index is 11.4. The zero-order valence-electron chi connectivity index (χ0n) is 8.99.